The van der Waals surface area contributed by atoms with E-state index in [1.54, 1.807) is 6.92 Å². The number of aromatic nitrogens is 2. The van der Waals surface area contributed by atoms with E-state index in [2.05, 4.69) is 15.3 Å². The van der Waals surface area contributed by atoms with Gasteiger partial charge in [-0.25, -0.2) is 4.98 Å². The van der Waals surface area contributed by atoms with Crippen LogP contribution in [0.5, 0.6) is 0 Å². The second kappa shape index (κ2) is 6.53. The lowest BCUT2D eigenvalue weighted by Crippen LogP contribution is -2.60. The molecule has 148 valence electrons. The third kappa shape index (κ3) is 3.88. The second-order valence-electron chi connectivity index (χ2n) is 8.38. The Bertz CT molecular complexity index is 772. The molecule has 1 aromatic rings. The summed E-state index contributed by atoms with van der Waals surface area (Å²) >= 11 is 0.846. The van der Waals surface area contributed by atoms with Gasteiger partial charge in [-0.1, -0.05) is 11.8 Å². The van der Waals surface area contributed by atoms with Gasteiger partial charge < -0.3 is 10.3 Å². The first-order valence-electron chi connectivity index (χ1n) is 9.29. The number of aromatic amines is 1. The summed E-state index contributed by atoms with van der Waals surface area (Å²) in [5.41, 5.74) is -2.29. The fourth-order valence-corrected chi connectivity index (χ4v) is 6.30. The van der Waals surface area contributed by atoms with Gasteiger partial charge in [0.05, 0.1) is 5.25 Å². The summed E-state index contributed by atoms with van der Waals surface area (Å²) in [4.78, 5) is 30.0. The van der Waals surface area contributed by atoms with Crippen molar-refractivity contribution in [1.29, 1.82) is 0 Å². The van der Waals surface area contributed by atoms with Crippen LogP contribution in [0.3, 0.4) is 0 Å². The molecule has 9 heteroatoms. The number of alkyl halides is 3. The molecule has 4 fully saturated rings. The van der Waals surface area contributed by atoms with E-state index >= 15 is 0 Å². The number of nitrogens with zero attached hydrogens (tertiary/aromatic N) is 1. The molecular weight excluding hydrogens is 379 g/mol. The number of carbonyl (C=O) groups is 1. The van der Waals surface area contributed by atoms with Gasteiger partial charge in [-0.2, -0.15) is 13.2 Å². The van der Waals surface area contributed by atoms with Crippen molar-refractivity contribution in [2.24, 2.45) is 17.8 Å². The minimum Gasteiger partial charge on any atom is -0.350 e. The van der Waals surface area contributed by atoms with Crippen molar-refractivity contribution in [3.8, 4) is 0 Å². The Morgan fingerprint density at radius 2 is 1.81 bits per heavy atom. The van der Waals surface area contributed by atoms with Crippen molar-refractivity contribution in [2.45, 2.75) is 67.6 Å². The number of hydrogen-bond acceptors (Lipinski definition) is 4. The highest BCUT2D eigenvalue weighted by Gasteiger charge is 2.51. The van der Waals surface area contributed by atoms with Crippen LogP contribution in [0.4, 0.5) is 13.2 Å². The second-order valence-corrected chi connectivity index (χ2v) is 9.71. The van der Waals surface area contributed by atoms with E-state index in [1.807, 2.05) is 0 Å². The molecule has 5 rings (SSSR count). The van der Waals surface area contributed by atoms with Crippen molar-refractivity contribution in [3.63, 3.8) is 0 Å². The quantitative estimate of drug-likeness (QED) is 0.599. The molecule has 1 heterocycles. The average Bonchev–Trinajstić information content (AvgIpc) is 2.51. The van der Waals surface area contributed by atoms with Crippen LogP contribution in [0.2, 0.25) is 0 Å². The predicted octanol–water partition coefficient (Wildman–Crippen LogP) is 3.35. The molecule has 2 N–H and O–H groups in total. The molecule has 4 aliphatic rings. The molecule has 27 heavy (non-hydrogen) atoms. The summed E-state index contributed by atoms with van der Waals surface area (Å²) in [7, 11) is 0. The lowest BCUT2D eigenvalue weighted by atomic mass is 9.53. The third-order valence-corrected chi connectivity index (χ3v) is 7.08. The number of H-pyrrole nitrogens is 1. The Balaban J connectivity index is 1.45. The smallest absolute Gasteiger partial charge is 0.350 e. The van der Waals surface area contributed by atoms with Crippen LogP contribution in [-0.4, -0.2) is 26.7 Å². The molecule has 4 bridgehead atoms. The highest BCUT2D eigenvalue weighted by Crippen LogP contribution is 2.55. The minimum atomic E-state index is -4.70. The Morgan fingerprint density at radius 1 is 1.26 bits per heavy atom. The van der Waals surface area contributed by atoms with Gasteiger partial charge in [0.25, 0.3) is 5.56 Å². The van der Waals surface area contributed by atoms with Gasteiger partial charge in [-0.3, -0.25) is 9.59 Å². The SMILES string of the molecule is CC(Sc1nc(C(F)(F)F)cc(=O)[nH]1)C(=O)NC12CC3CC(CC(C3)C1)C2. The molecule has 0 radical (unpaired) electrons. The standard InChI is InChI=1S/C18H22F3N3O2S/c1-9(27-16-22-13(18(19,20)21)5-14(25)23-16)15(26)24-17-6-10-2-11(7-17)4-12(3-10)8-17/h5,9-12H,2-4,6-8H2,1H3,(H,24,26)(H,22,23,25). The average molecular weight is 401 g/mol. The molecule has 4 saturated carbocycles. The van der Waals surface area contributed by atoms with Crippen molar-refractivity contribution in [3.05, 3.63) is 22.1 Å². The number of amides is 1. The predicted molar refractivity (Wildman–Crippen MR) is 94.2 cm³/mol. The maximum atomic E-state index is 12.8. The van der Waals surface area contributed by atoms with Gasteiger partial charge in [0.2, 0.25) is 5.91 Å². The maximum Gasteiger partial charge on any atom is 0.433 e. The highest BCUT2D eigenvalue weighted by molar-refractivity contribution is 8.00. The van der Waals surface area contributed by atoms with Crippen molar-refractivity contribution in [1.82, 2.24) is 15.3 Å². The van der Waals surface area contributed by atoms with Crippen LogP contribution < -0.4 is 10.9 Å². The molecule has 1 unspecified atom stereocenters. The van der Waals surface area contributed by atoms with Gasteiger partial charge in [0, 0.05) is 11.6 Å². The van der Waals surface area contributed by atoms with E-state index in [0.29, 0.717) is 23.8 Å². The van der Waals surface area contributed by atoms with Crippen molar-refractivity contribution >= 4 is 17.7 Å². The van der Waals surface area contributed by atoms with E-state index in [4.69, 9.17) is 0 Å². The first-order valence-corrected chi connectivity index (χ1v) is 10.2. The lowest BCUT2D eigenvalue weighted by molar-refractivity contribution is -0.141. The topological polar surface area (TPSA) is 74.8 Å². The first-order chi connectivity index (χ1) is 12.6. The molecule has 4 aliphatic carbocycles. The summed E-state index contributed by atoms with van der Waals surface area (Å²) in [6, 6.07) is 0.421. The number of nitrogens with one attached hydrogen (secondary N) is 2. The Kier molecular flexibility index (Phi) is 4.56. The zero-order valence-corrected chi connectivity index (χ0v) is 15.8. The monoisotopic (exact) mass is 401 g/mol. The fourth-order valence-electron chi connectivity index (χ4n) is 5.48. The van der Waals surface area contributed by atoms with Crippen LogP contribution in [0.15, 0.2) is 16.0 Å². The van der Waals surface area contributed by atoms with E-state index in [0.717, 1.165) is 31.0 Å². The van der Waals surface area contributed by atoms with Gasteiger partial charge in [-0.05, 0) is 63.2 Å². The van der Waals surface area contributed by atoms with E-state index < -0.39 is 22.7 Å². The number of thioether (sulfide) groups is 1. The van der Waals surface area contributed by atoms with E-state index in [9.17, 15) is 22.8 Å². The number of carbonyl (C=O) groups excluding carboxylic acids is 1. The Morgan fingerprint density at radius 3 is 2.33 bits per heavy atom. The molecule has 0 spiro atoms. The molecule has 0 aliphatic heterocycles. The van der Waals surface area contributed by atoms with Crippen LogP contribution in [-0.2, 0) is 11.0 Å². The van der Waals surface area contributed by atoms with Gasteiger partial charge in [0.1, 0.15) is 0 Å². The molecular formula is C18H22F3N3O2S. The summed E-state index contributed by atoms with van der Waals surface area (Å²) in [5.74, 6) is 1.84. The molecule has 1 atom stereocenters. The van der Waals surface area contributed by atoms with Crippen LogP contribution in [0.25, 0.3) is 0 Å². The lowest BCUT2D eigenvalue weighted by Gasteiger charge is -2.57. The third-order valence-electron chi connectivity index (χ3n) is 6.09. The number of hydrogen-bond donors (Lipinski definition) is 2. The first kappa shape index (κ1) is 18.8. The van der Waals surface area contributed by atoms with E-state index in [-0.39, 0.29) is 16.6 Å². The van der Waals surface area contributed by atoms with Crippen LogP contribution in [0.1, 0.15) is 51.1 Å². The highest BCUT2D eigenvalue weighted by atomic mass is 32.2. The Hall–Kier alpha value is -1.51. The van der Waals surface area contributed by atoms with Crippen LogP contribution >= 0.6 is 11.8 Å². The normalized spacial score (nSPS) is 33.1. The van der Waals surface area contributed by atoms with Crippen molar-refractivity contribution < 1.29 is 18.0 Å². The zero-order chi connectivity index (χ0) is 19.4. The summed E-state index contributed by atoms with van der Waals surface area (Å²) < 4.78 is 38.5. The minimum absolute atomic E-state index is 0.157. The number of rotatable bonds is 4. The summed E-state index contributed by atoms with van der Waals surface area (Å²) in [6.45, 7) is 1.63. The molecule has 1 amide bonds. The van der Waals surface area contributed by atoms with Gasteiger partial charge in [-0.15, -0.1) is 0 Å². The van der Waals surface area contributed by atoms with Crippen LogP contribution in [0, 0.1) is 17.8 Å². The molecule has 0 saturated heterocycles. The van der Waals surface area contributed by atoms with Gasteiger partial charge in [0.15, 0.2) is 10.9 Å². The van der Waals surface area contributed by atoms with Gasteiger partial charge >= 0.3 is 6.18 Å². The Labute approximate surface area is 158 Å². The van der Waals surface area contributed by atoms with Crippen molar-refractivity contribution in [2.75, 3.05) is 0 Å². The molecule has 1 aromatic heterocycles. The summed E-state index contributed by atoms with van der Waals surface area (Å²) in [5, 5.41) is 2.36. The summed E-state index contributed by atoms with van der Waals surface area (Å²) in [6.07, 6.45) is 2.08. The largest absolute Gasteiger partial charge is 0.433 e. The molecule has 0 aromatic carbocycles. The molecule has 5 nitrogen and oxygen atoms in total. The van der Waals surface area contributed by atoms with E-state index in [1.165, 1.54) is 19.3 Å². The fraction of sp³-hybridized carbons (Fsp3) is 0.722. The zero-order valence-electron chi connectivity index (χ0n) is 14.9. The maximum absolute atomic E-state index is 12.8. The number of halogens is 3.